The van der Waals surface area contributed by atoms with E-state index in [9.17, 15) is 9.59 Å². The van der Waals surface area contributed by atoms with E-state index in [0.29, 0.717) is 22.7 Å². The summed E-state index contributed by atoms with van der Waals surface area (Å²) in [5.41, 5.74) is 3.80. The minimum atomic E-state index is -0.451. The second kappa shape index (κ2) is 12.1. The maximum Gasteiger partial charge on any atom is 0.255 e. The summed E-state index contributed by atoms with van der Waals surface area (Å²) in [4.78, 5) is 27.0. The van der Waals surface area contributed by atoms with Gasteiger partial charge in [0, 0.05) is 21.8 Å². The van der Waals surface area contributed by atoms with Crippen molar-refractivity contribution in [2.45, 2.75) is 17.1 Å². The lowest BCUT2D eigenvalue weighted by atomic mass is 10.1. The van der Waals surface area contributed by atoms with E-state index in [1.54, 1.807) is 25.3 Å². The van der Waals surface area contributed by atoms with Crippen LogP contribution in [0.3, 0.4) is 0 Å². The highest BCUT2D eigenvalue weighted by Crippen LogP contribution is 2.37. The van der Waals surface area contributed by atoms with Gasteiger partial charge in [-0.3, -0.25) is 9.59 Å². The summed E-state index contributed by atoms with van der Waals surface area (Å²) >= 11 is 1.45. The predicted molar refractivity (Wildman–Crippen MR) is 149 cm³/mol. The zero-order valence-corrected chi connectivity index (χ0v) is 21.7. The van der Waals surface area contributed by atoms with Gasteiger partial charge in [0.1, 0.15) is 5.25 Å². The monoisotopic (exact) mass is 512 g/mol. The predicted octanol–water partition coefficient (Wildman–Crippen LogP) is 6.74. The van der Waals surface area contributed by atoms with Gasteiger partial charge in [-0.05, 0) is 66.6 Å². The molecule has 0 aliphatic carbocycles. The third-order valence-electron chi connectivity index (χ3n) is 5.76. The molecule has 0 aliphatic heterocycles. The molecular weight excluding hydrogens is 484 g/mol. The van der Waals surface area contributed by atoms with E-state index in [-0.39, 0.29) is 11.8 Å². The Morgan fingerprint density at radius 2 is 1.43 bits per heavy atom. The Morgan fingerprint density at radius 3 is 2.11 bits per heavy atom. The van der Waals surface area contributed by atoms with Crippen LogP contribution >= 0.6 is 11.8 Å². The number of rotatable bonds is 9. The van der Waals surface area contributed by atoms with E-state index in [1.807, 2.05) is 85.8 Å². The van der Waals surface area contributed by atoms with Crippen molar-refractivity contribution in [1.82, 2.24) is 0 Å². The summed E-state index contributed by atoms with van der Waals surface area (Å²) < 4.78 is 10.5. The van der Waals surface area contributed by atoms with Crippen molar-refractivity contribution < 1.29 is 19.1 Å². The van der Waals surface area contributed by atoms with Crippen LogP contribution in [0.1, 0.15) is 26.7 Å². The largest absolute Gasteiger partial charge is 0.493 e. The lowest BCUT2D eigenvalue weighted by Gasteiger charge is -2.18. The summed E-state index contributed by atoms with van der Waals surface area (Å²) in [6.07, 6.45) is 0. The van der Waals surface area contributed by atoms with Crippen LogP contribution in [0, 0.1) is 6.92 Å². The maximum atomic E-state index is 13.3. The number of nitrogens with one attached hydrogen (secondary N) is 2. The number of hydrogen-bond donors (Lipinski definition) is 2. The number of ether oxygens (including phenoxy) is 2. The molecule has 1 unspecified atom stereocenters. The number of anilines is 2. The van der Waals surface area contributed by atoms with Crippen molar-refractivity contribution in [3.8, 4) is 11.5 Å². The number of carbonyl (C=O) groups excluding carboxylic acids is 2. The van der Waals surface area contributed by atoms with Crippen LogP contribution in [0.5, 0.6) is 11.5 Å². The Kier molecular flexibility index (Phi) is 8.48. The Labute approximate surface area is 221 Å². The molecule has 0 bridgehead atoms. The number of hydrogen-bond acceptors (Lipinski definition) is 5. The van der Waals surface area contributed by atoms with Crippen molar-refractivity contribution in [2.75, 3.05) is 24.9 Å². The summed E-state index contributed by atoms with van der Waals surface area (Å²) in [5.74, 6) is 0.676. The summed E-state index contributed by atoms with van der Waals surface area (Å²) in [7, 11) is 3.08. The molecule has 7 heteroatoms. The molecule has 0 saturated heterocycles. The van der Waals surface area contributed by atoms with E-state index in [2.05, 4.69) is 10.6 Å². The molecule has 0 heterocycles. The minimum Gasteiger partial charge on any atom is -0.493 e. The van der Waals surface area contributed by atoms with E-state index >= 15 is 0 Å². The molecule has 1 atom stereocenters. The second-order valence-corrected chi connectivity index (χ2v) is 9.44. The number of aryl methyl sites for hydroxylation is 1. The zero-order valence-electron chi connectivity index (χ0n) is 20.9. The molecule has 0 saturated carbocycles. The smallest absolute Gasteiger partial charge is 0.255 e. The molecule has 4 rings (SSSR count). The lowest BCUT2D eigenvalue weighted by molar-refractivity contribution is -0.115. The minimum absolute atomic E-state index is 0.101. The van der Waals surface area contributed by atoms with Gasteiger partial charge < -0.3 is 20.1 Å². The fourth-order valence-electron chi connectivity index (χ4n) is 3.75. The molecule has 4 aromatic rings. The molecule has 2 amide bonds. The van der Waals surface area contributed by atoms with Crippen LogP contribution < -0.4 is 20.1 Å². The number of benzene rings is 4. The van der Waals surface area contributed by atoms with Gasteiger partial charge >= 0.3 is 0 Å². The van der Waals surface area contributed by atoms with Gasteiger partial charge in [-0.2, -0.15) is 0 Å². The first kappa shape index (κ1) is 25.9. The average Bonchev–Trinajstić information content (AvgIpc) is 2.93. The third kappa shape index (κ3) is 6.51. The van der Waals surface area contributed by atoms with Gasteiger partial charge in [0.2, 0.25) is 5.91 Å². The fourth-order valence-corrected chi connectivity index (χ4v) is 4.77. The quantitative estimate of drug-likeness (QED) is 0.243. The SMILES string of the molecule is COc1ccc(C(=O)Nc2ccc(SC(C(=O)Nc3ccccc3C)c3ccccc3)cc2)cc1OC. The van der Waals surface area contributed by atoms with Crippen molar-refractivity contribution in [2.24, 2.45) is 0 Å². The number of methoxy groups -OCH3 is 2. The second-order valence-electron chi connectivity index (χ2n) is 8.26. The van der Waals surface area contributed by atoms with Gasteiger partial charge in [0.25, 0.3) is 5.91 Å². The number of para-hydroxylation sites is 1. The van der Waals surface area contributed by atoms with E-state index in [4.69, 9.17) is 9.47 Å². The fraction of sp³-hybridized carbons (Fsp3) is 0.133. The lowest BCUT2D eigenvalue weighted by Crippen LogP contribution is -2.19. The Morgan fingerprint density at radius 1 is 0.757 bits per heavy atom. The highest BCUT2D eigenvalue weighted by Gasteiger charge is 2.22. The van der Waals surface area contributed by atoms with Crippen LogP contribution in [-0.2, 0) is 4.79 Å². The number of carbonyl (C=O) groups is 2. The van der Waals surface area contributed by atoms with Gasteiger partial charge in [0.05, 0.1) is 14.2 Å². The van der Waals surface area contributed by atoms with Crippen molar-refractivity contribution in [3.05, 3.63) is 114 Å². The van der Waals surface area contributed by atoms with Crippen LogP contribution in [0.4, 0.5) is 11.4 Å². The molecule has 0 fully saturated rings. The third-order valence-corrected chi connectivity index (χ3v) is 7.02. The van der Waals surface area contributed by atoms with E-state index in [0.717, 1.165) is 21.7 Å². The molecule has 0 radical (unpaired) electrons. The van der Waals surface area contributed by atoms with Gasteiger partial charge in [0.15, 0.2) is 11.5 Å². The van der Waals surface area contributed by atoms with Crippen molar-refractivity contribution in [1.29, 1.82) is 0 Å². The number of thioether (sulfide) groups is 1. The van der Waals surface area contributed by atoms with Crippen molar-refractivity contribution in [3.63, 3.8) is 0 Å². The van der Waals surface area contributed by atoms with Gasteiger partial charge in [-0.25, -0.2) is 0 Å². The molecule has 2 N–H and O–H groups in total. The molecule has 4 aromatic carbocycles. The Balaban J connectivity index is 1.48. The first-order chi connectivity index (χ1) is 18.0. The van der Waals surface area contributed by atoms with Crippen LogP contribution in [0.15, 0.2) is 102 Å². The van der Waals surface area contributed by atoms with E-state index in [1.165, 1.54) is 18.9 Å². The summed E-state index contributed by atoms with van der Waals surface area (Å²) in [5, 5.41) is 5.51. The van der Waals surface area contributed by atoms with Crippen LogP contribution in [0.2, 0.25) is 0 Å². The topological polar surface area (TPSA) is 76.7 Å². The summed E-state index contributed by atoms with van der Waals surface area (Å²) in [6.45, 7) is 1.97. The molecule has 6 nitrogen and oxygen atoms in total. The molecule has 0 aromatic heterocycles. The normalized spacial score (nSPS) is 11.3. The highest BCUT2D eigenvalue weighted by molar-refractivity contribution is 8.00. The highest BCUT2D eigenvalue weighted by atomic mass is 32.2. The standard InChI is InChI=1S/C30H28N2O4S/c1-20-9-7-8-12-25(20)32-30(34)28(21-10-5-4-6-11-21)37-24-16-14-23(15-17-24)31-29(33)22-13-18-26(35-2)27(19-22)36-3/h4-19,28H,1-3H3,(H,31,33)(H,32,34). The molecular formula is C30H28N2O4S. The van der Waals surface area contributed by atoms with Crippen LogP contribution in [0.25, 0.3) is 0 Å². The first-order valence-electron chi connectivity index (χ1n) is 11.7. The zero-order chi connectivity index (χ0) is 26.2. The van der Waals surface area contributed by atoms with Crippen LogP contribution in [-0.4, -0.2) is 26.0 Å². The molecule has 0 aliphatic rings. The molecule has 0 spiro atoms. The van der Waals surface area contributed by atoms with Gasteiger partial charge in [-0.1, -0.05) is 48.5 Å². The average molecular weight is 513 g/mol. The number of amides is 2. The first-order valence-corrected chi connectivity index (χ1v) is 12.6. The molecule has 188 valence electrons. The maximum absolute atomic E-state index is 13.3. The Hall–Kier alpha value is -4.23. The summed E-state index contributed by atoms with van der Waals surface area (Å²) in [6, 6.07) is 29.8. The Bertz CT molecular complexity index is 1370. The molecule has 37 heavy (non-hydrogen) atoms. The van der Waals surface area contributed by atoms with Crippen molar-refractivity contribution >= 4 is 35.0 Å². The van der Waals surface area contributed by atoms with Gasteiger partial charge in [-0.15, -0.1) is 11.8 Å². The van der Waals surface area contributed by atoms with E-state index < -0.39 is 5.25 Å².